The molecule has 0 spiro atoms. The zero-order valence-electron chi connectivity index (χ0n) is 15.6. The van der Waals surface area contributed by atoms with Gasteiger partial charge in [0.25, 0.3) is 0 Å². The van der Waals surface area contributed by atoms with Gasteiger partial charge < -0.3 is 21.4 Å². The zero-order chi connectivity index (χ0) is 20.3. The third-order valence-corrected chi connectivity index (χ3v) is 4.33. The van der Waals surface area contributed by atoms with Gasteiger partial charge in [0.05, 0.1) is 23.6 Å². The number of H-pyrrole nitrogens is 1. The molecule has 3 aromatic rings. The summed E-state index contributed by atoms with van der Waals surface area (Å²) in [6.07, 6.45) is 0. The number of aromatic amines is 1. The van der Waals surface area contributed by atoms with E-state index in [2.05, 4.69) is 20.6 Å². The fraction of sp³-hybridized carbons (Fsp3) is 0.250. The van der Waals surface area contributed by atoms with Crippen molar-refractivity contribution in [3.63, 3.8) is 0 Å². The second kappa shape index (κ2) is 8.18. The molecule has 1 atom stereocenters. The SMILES string of the molecule is CC(C)[C@H](N)C(=O)NCC(=O)Nc1ccc2nc(-c3ccc(F)cc3)[nH]c2c1. The van der Waals surface area contributed by atoms with Crippen LogP contribution in [0.15, 0.2) is 42.5 Å². The Bertz CT molecular complexity index is 998. The highest BCUT2D eigenvalue weighted by Crippen LogP contribution is 2.23. The van der Waals surface area contributed by atoms with Gasteiger partial charge in [0.1, 0.15) is 11.6 Å². The number of benzene rings is 2. The molecule has 8 heteroatoms. The van der Waals surface area contributed by atoms with Gasteiger partial charge in [0, 0.05) is 11.3 Å². The second-order valence-corrected chi connectivity index (χ2v) is 6.86. The molecule has 3 rings (SSSR count). The largest absolute Gasteiger partial charge is 0.346 e. The molecular weight excluding hydrogens is 361 g/mol. The van der Waals surface area contributed by atoms with Crippen LogP contribution in [0.1, 0.15) is 13.8 Å². The number of nitrogens with one attached hydrogen (secondary N) is 3. The maximum atomic E-state index is 13.1. The topological polar surface area (TPSA) is 113 Å². The molecule has 0 aliphatic heterocycles. The minimum atomic E-state index is -0.654. The zero-order valence-corrected chi connectivity index (χ0v) is 15.6. The summed E-state index contributed by atoms with van der Waals surface area (Å²) >= 11 is 0. The molecule has 1 heterocycles. The number of hydrogen-bond acceptors (Lipinski definition) is 4. The van der Waals surface area contributed by atoms with Gasteiger partial charge in [-0.25, -0.2) is 9.37 Å². The van der Waals surface area contributed by atoms with E-state index in [0.29, 0.717) is 17.0 Å². The first-order valence-corrected chi connectivity index (χ1v) is 8.92. The van der Waals surface area contributed by atoms with Crippen molar-refractivity contribution >= 4 is 28.5 Å². The lowest BCUT2D eigenvalue weighted by atomic mass is 10.1. The number of fused-ring (bicyclic) bond motifs is 1. The number of anilines is 1. The van der Waals surface area contributed by atoms with E-state index >= 15 is 0 Å². The number of amides is 2. The summed E-state index contributed by atoms with van der Waals surface area (Å²) in [5, 5.41) is 5.25. The Morgan fingerprint density at radius 2 is 1.89 bits per heavy atom. The molecule has 7 nitrogen and oxygen atoms in total. The molecule has 0 unspecified atom stereocenters. The molecule has 146 valence electrons. The number of hydrogen-bond donors (Lipinski definition) is 4. The van der Waals surface area contributed by atoms with Crippen molar-refractivity contribution in [2.45, 2.75) is 19.9 Å². The van der Waals surface area contributed by atoms with Crippen LogP contribution in [0.25, 0.3) is 22.4 Å². The van der Waals surface area contributed by atoms with Gasteiger partial charge in [-0.15, -0.1) is 0 Å². The van der Waals surface area contributed by atoms with Crippen molar-refractivity contribution in [3.05, 3.63) is 48.3 Å². The van der Waals surface area contributed by atoms with Crippen LogP contribution in [-0.2, 0) is 9.59 Å². The lowest BCUT2D eigenvalue weighted by Crippen LogP contribution is -2.46. The Morgan fingerprint density at radius 1 is 1.18 bits per heavy atom. The van der Waals surface area contributed by atoms with Crippen LogP contribution >= 0.6 is 0 Å². The molecule has 0 saturated heterocycles. The molecule has 1 aromatic heterocycles. The average Bonchev–Trinajstić information content (AvgIpc) is 3.09. The standard InChI is InChI=1S/C20H22FN5O2/c1-11(2)18(22)20(28)23-10-17(27)24-14-7-8-15-16(9-14)26-19(25-15)12-3-5-13(21)6-4-12/h3-9,11,18H,10,22H2,1-2H3,(H,23,28)(H,24,27)(H,25,26)/t18-/m0/s1. The molecule has 2 aromatic carbocycles. The number of nitrogens with zero attached hydrogens (tertiary/aromatic N) is 1. The van der Waals surface area contributed by atoms with Crippen molar-refractivity contribution in [1.82, 2.24) is 15.3 Å². The van der Waals surface area contributed by atoms with Gasteiger partial charge in [0.15, 0.2) is 0 Å². The highest BCUT2D eigenvalue weighted by Gasteiger charge is 2.17. The molecular formula is C20H22FN5O2. The molecule has 0 aliphatic rings. The van der Waals surface area contributed by atoms with Crippen molar-refractivity contribution in [3.8, 4) is 11.4 Å². The lowest BCUT2D eigenvalue weighted by Gasteiger charge is -2.15. The van der Waals surface area contributed by atoms with Crippen molar-refractivity contribution in [1.29, 1.82) is 0 Å². The quantitative estimate of drug-likeness (QED) is 0.523. The van der Waals surface area contributed by atoms with Crippen molar-refractivity contribution in [2.24, 2.45) is 11.7 Å². The number of imidazole rings is 1. The summed E-state index contributed by atoms with van der Waals surface area (Å²) in [5.41, 5.74) is 8.51. The Labute approximate surface area is 161 Å². The van der Waals surface area contributed by atoms with Crippen LogP contribution < -0.4 is 16.4 Å². The summed E-state index contributed by atoms with van der Waals surface area (Å²) in [4.78, 5) is 31.5. The molecule has 0 fully saturated rings. The predicted molar refractivity (Wildman–Crippen MR) is 106 cm³/mol. The highest BCUT2D eigenvalue weighted by atomic mass is 19.1. The maximum absolute atomic E-state index is 13.1. The molecule has 0 radical (unpaired) electrons. The highest BCUT2D eigenvalue weighted by molar-refractivity contribution is 5.96. The van der Waals surface area contributed by atoms with E-state index in [4.69, 9.17) is 5.73 Å². The number of carbonyl (C=O) groups excluding carboxylic acids is 2. The van der Waals surface area contributed by atoms with Gasteiger partial charge in [-0.1, -0.05) is 13.8 Å². The summed E-state index contributed by atoms with van der Waals surface area (Å²) < 4.78 is 13.1. The Kier molecular flexibility index (Phi) is 5.70. The summed E-state index contributed by atoms with van der Waals surface area (Å²) in [5.74, 6) is -0.444. The summed E-state index contributed by atoms with van der Waals surface area (Å²) in [6, 6.07) is 10.6. The van der Waals surface area contributed by atoms with Crippen LogP contribution in [-0.4, -0.2) is 34.4 Å². The van der Waals surface area contributed by atoms with Crippen molar-refractivity contribution < 1.29 is 14.0 Å². The fourth-order valence-electron chi connectivity index (χ4n) is 2.63. The maximum Gasteiger partial charge on any atom is 0.243 e. The summed E-state index contributed by atoms with van der Waals surface area (Å²) in [6.45, 7) is 3.51. The monoisotopic (exact) mass is 383 g/mol. The Balaban J connectivity index is 1.66. The normalized spacial score (nSPS) is 12.2. The van der Waals surface area contributed by atoms with Crippen LogP contribution in [0, 0.1) is 11.7 Å². The number of halogens is 1. The first-order valence-electron chi connectivity index (χ1n) is 8.92. The van der Waals surface area contributed by atoms with Crippen LogP contribution in [0.2, 0.25) is 0 Å². The number of rotatable bonds is 6. The van der Waals surface area contributed by atoms with E-state index in [1.807, 2.05) is 13.8 Å². The second-order valence-electron chi connectivity index (χ2n) is 6.86. The van der Waals surface area contributed by atoms with Gasteiger partial charge in [-0.05, 0) is 48.4 Å². The number of aromatic nitrogens is 2. The molecule has 5 N–H and O–H groups in total. The van der Waals surface area contributed by atoms with E-state index in [0.717, 1.165) is 11.1 Å². The third-order valence-electron chi connectivity index (χ3n) is 4.33. The third kappa shape index (κ3) is 4.52. The first kappa shape index (κ1) is 19.5. The number of carbonyl (C=O) groups is 2. The Morgan fingerprint density at radius 3 is 2.57 bits per heavy atom. The van der Waals surface area contributed by atoms with Crippen molar-refractivity contribution in [2.75, 3.05) is 11.9 Å². The van der Waals surface area contributed by atoms with Gasteiger partial charge >= 0.3 is 0 Å². The van der Waals surface area contributed by atoms with E-state index in [1.165, 1.54) is 12.1 Å². The Hall–Kier alpha value is -3.26. The average molecular weight is 383 g/mol. The lowest BCUT2D eigenvalue weighted by molar-refractivity contribution is -0.125. The molecule has 0 aliphatic carbocycles. The molecule has 2 amide bonds. The predicted octanol–water partition coefficient (Wildman–Crippen LogP) is 2.41. The molecule has 0 saturated carbocycles. The smallest absolute Gasteiger partial charge is 0.243 e. The molecule has 0 bridgehead atoms. The van der Waals surface area contributed by atoms with E-state index < -0.39 is 6.04 Å². The van der Waals surface area contributed by atoms with Crippen LogP contribution in [0.5, 0.6) is 0 Å². The minimum absolute atomic E-state index is 0.0128. The van der Waals surface area contributed by atoms with Crippen LogP contribution in [0.4, 0.5) is 10.1 Å². The van der Waals surface area contributed by atoms with Gasteiger partial charge in [-0.3, -0.25) is 9.59 Å². The van der Waals surface area contributed by atoms with Crippen LogP contribution in [0.3, 0.4) is 0 Å². The van der Waals surface area contributed by atoms with E-state index in [1.54, 1.807) is 30.3 Å². The first-order chi connectivity index (χ1) is 13.3. The minimum Gasteiger partial charge on any atom is -0.346 e. The summed E-state index contributed by atoms with van der Waals surface area (Å²) in [7, 11) is 0. The number of nitrogens with two attached hydrogens (primary N) is 1. The fourth-order valence-corrected chi connectivity index (χ4v) is 2.63. The van der Waals surface area contributed by atoms with Gasteiger partial charge in [-0.2, -0.15) is 0 Å². The van der Waals surface area contributed by atoms with E-state index in [-0.39, 0.29) is 30.1 Å². The van der Waals surface area contributed by atoms with Gasteiger partial charge in [0.2, 0.25) is 11.8 Å². The van der Waals surface area contributed by atoms with E-state index in [9.17, 15) is 14.0 Å². The molecule has 28 heavy (non-hydrogen) atoms.